The molecule has 12 heteroatoms. The largest absolute Gasteiger partial charge is 0.516 e. The van der Waals surface area contributed by atoms with Crippen molar-refractivity contribution in [1.29, 1.82) is 0 Å². The lowest BCUT2D eigenvalue weighted by atomic mass is 10.0. The lowest BCUT2D eigenvalue weighted by Gasteiger charge is -2.16. The van der Waals surface area contributed by atoms with Crippen molar-refractivity contribution in [3.63, 3.8) is 0 Å². The molecule has 2 unspecified atom stereocenters. The first-order valence-corrected chi connectivity index (χ1v) is 10.4. The number of urea groups is 1. The fraction of sp³-hybridized carbons (Fsp3) is 0.500. The van der Waals surface area contributed by atoms with Crippen LogP contribution in [0.15, 0.2) is 24.3 Å². The zero-order valence-corrected chi connectivity index (χ0v) is 16.7. The monoisotopic (exact) mass is 439 g/mol. The van der Waals surface area contributed by atoms with E-state index in [9.17, 15) is 24.5 Å². The Morgan fingerprint density at radius 2 is 1.93 bits per heavy atom. The number of nitrogens with one attached hydrogen (secondary N) is 2. The normalized spacial score (nSPS) is 21.9. The van der Waals surface area contributed by atoms with E-state index in [2.05, 4.69) is 15.4 Å². The first-order valence-electron chi connectivity index (χ1n) is 9.35. The minimum absolute atomic E-state index is 0.0672. The number of nitro groups is 1. The number of nitrogens with zero attached hydrogens (tertiary/aromatic N) is 1. The summed E-state index contributed by atoms with van der Waals surface area (Å²) in [6, 6.07) is 5.08. The van der Waals surface area contributed by atoms with E-state index in [-0.39, 0.29) is 36.0 Å². The van der Waals surface area contributed by atoms with Gasteiger partial charge in [-0.2, -0.15) is 11.8 Å². The summed E-state index contributed by atoms with van der Waals surface area (Å²) in [5, 5.41) is 16.7. The van der Waals surface area contributed by atoms with Crippen molar-refractivity contribution in [3.8, 4) is 5.75 Å². The van der Waals surface area contributed by atoms with E-state index in [1.807, 2.05) is 11.8 Å². The van der Waals surface area contributed by atoms with Gasteiger partial charge < -0.3 is 24.8 Å². The van der Waals surface area contributed by atoms with Gasteiger partial charge in [-0.05, 0) is 25.0 Å². The van der Waals surface area contributed by atoms with E-state index in [0.717, 1.165) is 18.6 Å². The van der Waals surface area contributed by atoms with Crippen LogP contribution in [0.2, 0.25) is 0 Å². The van der Waals surface area contributed by atoms with Crippen molar-refractivity contribution in [2.45, 2.75) is 43.0 Å². The molecule has 3 rings (SSSR count). The van der Waals surface area contributed by atoms with Crippen molar-refractivity contribution in [1.82, 2.24) is 10.6 Å². The molecule has 2 aliphatic rings. The van der Waals surface area contributed by atoms with Crippen LogP contribution >= 0.6 is 11.8 Å². The Hall–Kier alpha value is -3.02. The van der Waals surface area contributed by atoms with Crippen molar-refractivity contribution in [2.24, 2.45) is 0 Å². The summed E-state index contributed by atoms with van der Waals surface area (Å²) in [5.41, 5.74) is -0.138. The number of amides is 2. The molecule has 0 saturated carbocycles. The minimum Gasteiger partial charge on any atom is -0.428 e. The van der Waals surface area contributed by atoms with Gasteiger partial charge in [-0.25, -0.2) is 9.59 Å². The fourth-order valence-corrected chi connectivity index (χ4v) is 4.78. The number of unbranched alkanes of at least 4 members (excludes halogenated alkanes) is 1. The molecular weight excluding hydrogens is 418 g/mol. The standard InChI is InChI=1S/C18H21N3O8S/c22-15(4-2-1-3-14-16-13(9-30-14)19-17(23)20-16)27-10-28-18(24)29-12-7-5-11(6-8-12)21(25)26/h5-8,13-14,16H,1-4,9-10H2,(H2,19,20,23)/t13?,14-,16?/m0/s1. The maximum Gasteiger partial charge on any atom is 0.516 e. The lowest BCUT2D eigenvalue weighted by Crippen LogP contribution is -2.36. The zero-order chi connectivity index (χ0) is 21.5. The Kier molecular flexibility index (Phi) is 7.33. The molecule has 2 aliphatic heterocycles. The van der Waals surface area contributed by atoms with Gasteiger partial charge in [-0.3, -0.25) is 14.9 Å². The van der Waals surface area contributed by atoms with Gasteiger partial charge in [0.2, 0.25) is 6.79 Å². The highest BCUT2D eigenvalue weighted by Gasteiger charge is 2.42. The van der Waals surface area contributed by atoms with E-state index in [4.69, 9.17) is 9.47 Å². The highest BCUT2D eigenvalue weighted by atomic mass is 32.2. The fourth-order valence-electron chi connectivity index (χ4n) is 3.23. The summed E-state index contributed by atoms with van der Waals surface area (Å²) in [4.78, 5) is 44.6. The van der Waals surface area contributed by atoms with Crippen LogP contribution in [-0.2, 0) is 14.3 Å². The number of hydrogen-bond acceptors (Lipinski definition) is 9. The van der Waals surface area contributed by atoms with Crippen LogP contribution in [0.4, 0.5) is 15.3 Å². The van der Waals surface area contributed by atoms with E-state index in [1.165, 1.54) is 24.3 Å². The molecule has 0 bridgehead atoms. The molecule has 3 atom stereocenters. The summed E-state index contributed by atoms with van der Waals surface area (Å²) in [5.74, 6) is 0.465. The molecule has 0 aromatic heterocycles. The Morgan fingerprint density at radius 1 is 1.17 bits per heavy atom. The lowest BCUT2D eigenvalue weighted by molar-refractivity contribution is -0.384. The predicted molar refractivity (Wildman–Crippen MR) is 105 cm³/mol. The first-order chi connectivity index (χ1) is 14.4. The summed E-state index contributed by atoms with van der Waals surface area (Å²) >= 11 is 1.82. The number of benzene rings is 1. The smallest absolute Gasteiger partial charge is 0.428 e. The second-order valence-corrected chi connectivity index (χ2v) is 8.02. The molecule has 2 heterocycles. The van der Waals surface area contributed by atoms with E-state index in [1.54, 1.807) is 0 Å². The average Bonchev–Trinajstić information content (AvgIpc) is 3.25. The Balaban J connectivity index is 1.24. The summed E-state index contributed by atoms with van der Waals surface area (Å²) in [7, 11) is 0. The molecule has 2 fully saturated rings. The third-order valence-electron chi connectivity index (χ3n) is 4.70. The molecule has 11 nitrogen and oxygen atoms in total. The predicted octanol–water partition coefficient (Wildman–Crippen LogP) is 2.34. The van der Waals surface area contributed by atoms with Gasteiger partial charge in [0, 0.05) is 29.6 Å². The van der Waals surface area contributed by atoms with Gasteiger partial charge in [0.15, 0.2) is 0 Å². The second kappa shape index (κ2) is 10.1. The number of thioether (sulfide) groups is 1. The maximum atomic E-state index is 11.7. The van der Waals surface area contributed by atoms with Crippen molar-refractivity contribution in [3.05, 3.63) is 34.4 Å². The van der Waals surface area contributed by atoms with Crippen LogP contribution < -0.4 is 15.4 Å². The molecule has 1 aromatic carbocycles. The van der Waals surface area contributed by atoms with Gasteiger partial charge in [0.05, 0.1) is 17.0 Å². The van der Waals surface area contributed by atoms with Crippen LogP contribution in [0, 0.1) is 10.1 Å². The minimum atomic E-state index is -1.09. The number of esters is 1. The van der Waals surface area contributed by atoms with E-state index in [0.29, 0.717) is 11.7 Å². The molecule has 0 spiro atoms. The van der Waals surface area contributed by atoms with Crippen LogP contribution in [0.1, 0.15) is 25.7 Å². The highest BCUT2D eigenvalue weighted by Crippen LogP contribution is 2.33. The molecule has 30 heavy (non-hydrogen) atoms. The highest BCUT2D eigenvalue weighted by molar-refractivity contribution is 8.00. The first kappa shape index (κ1) is 21.7. The number of carbonyl (C=O) groups excluding carboxylic acids is 3. The summed E-state index contributed by atoms with van der Waals surface area (Å²) in [6.45, 7) is -0.579. The molecular formula is C18H21N3O8S. The van der Waals surface area contributed by atoms with Crippen LogP contribution in [0.25, 0.3) is 0 Å². The van der Waals surface area contributed by atoms with Crippen molar-refractivity contribution < 1.29 is 33.5 Å². The third kappa shape index (κ3) is 5.99. The van der Waals surface area contributed by atoms with Gasteiger partial charge in [0.1, 0.15) is 5.75 Å². The SMILES string of the molecule is O=C1NC2CS[C@@H](CCCCC(=O)OCOC(=O)Oc3ccc([N+](=O)[O-])cc3)C2N1. The van der Waals surface area contributed by atoms with E-state index < -0.39 is 23.8 Å². The zero-order valence-electron chi connectivity index (χ0n) is 15.9. The number of hydrogen-bond donors (Lipinski definition) is 2. The molecule has 2 saturated heterocycles. The Labute approximate surface area is 176 Å². The number of fused-ring (bicyclic) bond motifs is 1. The number of carbonyl (C=O) groups is 3. The maximum absolute atomic E-state index is 11.7. The Morgan fingerprint density at radius 3 is 2.67 bits per heavy atom. The van der Waals surface area contributed by atoms with Gasteiger partial charge in [0.25, 0.3) is 5.69 Å². The van der Waals surface area contributed by atoms with Crippen LogP contribution in [0.5, 0.6) is 5.75 Å². The molecule has 0 radical (unpaired) electrons. The van der Waals surface area contributed by atoms with Crippen LogP contribution in [-0.4, -0.2) is 53.0 Å². The quantitative estimate of drug-likeness (QED) is 0.113. The molecule has 1 aromatic rings. The number of non-ortho nitro benzene ring substituents is 1. The summed E-state index contributed by atoms with van der Waals surface area (Å²) < 4.78 is 14.3. The average molecular weight is 439 g/mol. The van der Waals surface area contributed by atoms with E-state index >= 15 is 0 Å². The van der Waals surface area contributed by atoms with Crippen molar-refractivity contribution in [2.75, 3.05) is 12.5 Å². The molecule has 0 aliphatic carbocycles. The van der Waals surface area contributed by atoms with Crippen molar-refractivity contribution >= 4 is 35.6 Å². The number of rotatable bonds is 9. The third-order valence-corrected chi connectivity index (χ3v) is 6.21. The molecule has 162 valence electrons. The molecule has 2 amide bonds. The summed E-state index contributed by atoms with van der Waals surface area (Å²) in [6.07, 6.45) is 1.43. The van der Waals surface area contributed by atoms with Crippen LogP contribution in [0.3, 0.4) is 0 Å². The number of nitro benzene ring substituents is 1. The topological polar surface area (TPSA) is 146 Å². The van der Waals surface area contributed by atoms with Gasteiger partial charge in [-0.15, -0.1) is 0 Å². The van der Waals surface area contributed by atoms with Gasteiger partial charge >= 0.3 is 18.2 Å². The van der Waals surface area contributed by atoms with Gasteiger partial charge in [-0.1, -0.05) is 6.42 Å². The second-order valence-electron chi connectivity index (χ2n) is 6.75. The Bertz CT molecular complexity index is 803. The molecule has 2 N–H and O–H groups in total. The number of ether oxygens (including phenoxy) is 3.